The van der Waals surface area contributed by atoms with Gasteiger partial charge in [-0.25, -0.2) is 9.37 Å². The highest BCUT2D eigenvalue weighted by atomic mass is 19.1. The van der Waals surface area contributed by atoms with Gasteiger partial charge in [0.15, 0.2) is 17.0 Å². The Morgan fingerprint density at radius 3 is 3.00 bits per heavy atom. The first kappa shape index (κ1) is 14.9. The summed E-state index contributed by atoms with van der Waals surface area (Å²) >= 11 is 0. The molecule has 3 heterocycles. The van der Waals surface area contributed by atoms with Crippen molar-refractivity contribution in [2.75, 3.05) is 11.9 Å². The number of benzene rings is 1. The minimum atomic E-state index is -0.844. The number of ether oxygens (including phenoxy) is 1. The minimum Gasteiger partial charge on any atom is -0.364 e. The van der Waals surface area contributed by atoms with Gasteiger partial charge in [-0.15, -0.1) is 0 Å². The molecule has 0 spiro atoms. The normalized spacial score (nSPS) is 17.5. The van der Waals surface area contributed by atoms with Gasteiger partial charge in [-0.05, 0) is 30.5 Å². The third-order valence-electron chi connectivity index (χ3n) is 3.96. The molecule has 2 aromatic heterocycles. The van der Waals surface area contributed by atoms with E-state index >= 15 is 0 Å². The van der Waals surface area contributed by atoms with Gasteiger partial charge < -0.3 is 10.1 Å². The van der Waals surface area contributed by atoms with Gasteiger partial charge in [0.05, 0.1) is 6.33 Å². The topological polar surface area (TPSA) is 64.9 Å². The summed E-state index contributed by atoms with van der Waals surface area (Å²) in [5.41, 5.74) is 1.57. The molecule has 1 unspecified atom stereocenters. The first-order valence-corrected chi connectivity index (χ1v) is 7.71. The maximum absolute atomic E-state index is 13.8. The molecular formula is C16H15F2N5O. The quantitative estimate of drug-likeness (QED) is 0.745. The van der Waals surface area contributed by atoms with E-state index in [9.17, 15) is 8.78 Å². The van der Waals surface area contributed by atoms with Crippen LogP contribution in [0.3, 0.4) is 0 Å². The number of aromatic nitrogens is 4. The highest BCUT2D eigenvalue weighted by Gasteiger charge is 2.22. The van der Waals surface area contributed by atoms with E-state index < -0.39 is 6.08 Å². The van der Waals surface area contributed by atoms with Gasteiger partial charge in [-0.2, -0.15) is 14.4 Å². The lowest BCUT2D eigenvalue weighted by Gasteiger charge is -2.12. The molecule has 1 aromatic carbocycles. The second kappa shape index (κ2) is 6.12. The van der Waals surface area contributed by atoms with E-state index in [0.717, 1.165) is 18.4 Å². The average molecular weight is 331 g/mol. The van der Waals surface area contributed by atoms with Crippen LogP contribution in [-0.4, -0.2) is 26.1 Å². The van der Waals surface area contributed by atoms with Gasteiger partial charge in [0.2, 0.25) is 0 Å². The molecule has 1 atom stereocenters. The fourth-order valence-electron chi connectivity index (χ4n) is 2.84. The smallest absolute Gasteiger partial charge is 0.312 e. The van der Waals surface area contributed by atoms with E-state index in [0.29, 0.717) is 24.3 Å². The summed E-state index contributed by atoms with van der Waals surface area (Å²) in [5.74, 6) is -0.0468. The molecule has 0 saturated carbocycles. The summed E-state index contributed by atoms with van der Waals surface area (Å²) in [7, 11) is 0. The van der Waals surface area contributed by atoms with Crippen LogP contribution in [0.5, 0.6) is 0 Å². The van der Waals surface area contributed by atoms with Crippen molar-refractivity contribution in [1.29, 1.82) is 0 Å². The standard InChI is InChI=1S/C16H15F2N5O/c17-11-4-1-3-10(7-11)8-19-14-13-15(22-16(18)21-14)23(9-20-13)12-5-2-6-24-12/h1,3-4,7,9,12H,2,5-6,8H2,(H,19,21,22). The third-order valence-corrected chi connectivity index (χ3v) is 3.96. The summed E-state index contributed by atoms with van der Waals surface area (Å²) in [4.78, 5) is 11.9. The lowest BCUT2D eigenvalue weighted by molar-refractivity contribution is 0.0592. The van der Waals surface area contributed by atoms with Gasteiger partial charge >= 0.3 is 6.08 Å². The number of hydrogen-bond acceptors (Lipinski definition) is 5. The molecule has 1 fully saturated rings. The van der Waals surface area contributed by atoms with Crippen LogP contribution in [0, 0.1) is 11.9 Å². The van der Waals surface area contributed by atoms with Crippen LogP contribution >= 0.6 is 0 Å². The van der Waals surface area contributed by atoms with Crippen molar-refractivity contribution in [3.05, 3.63) is 48.1 Å². The van der Waals surface area contributed by atoms with E-state index in [1.807, 2.05) is 0 Å². The first-order chi connectivity index (χ1) is 11.7. The molecule has 1 aliphatic rings. The molecule has 124 valence electrons. The lowest BCUT2D eigenvalue weighted by Crippen LogP contribution is -2.09. The molecule has 1 N–H and O–H groups in total. The van der Waals surface area contributed by atoms with Gasteiger partial charge in [-0.3, -0.25) is 4.57 Å². The lowest BCUT2D eigenvalue weighted by atomic mass is 10.2. The Hall–Kier alpha value is -2.61. The molecule has 3 aromatic rings. The molecule has 0 aliphatic carbocycles. The molecule has 24 heavy (non-hydrogen) atoms. The summed E-state index contributed by atoms with van der Waals surface area (Å²) < 4.78 is 34.4. The van der Waals surface area contributed by atoms with Crippen molar-refractivity contribution in [2.45, 2.75) is 25.6 Å². The van der Waals surface area contributed by atoms with Crippen LogP contribution < -0.4 is 5.32 Å². The Labute approximate surface area is 136 Å². The molecular weight excluding hydrogens is 316 g/mol. The zero-order valence-corrected chi connectivity index (χ0v) is 12.7. The van der Waals surface area contributed by atoms with Crippen molar-refractivity contribution < 1.29 is 13.5 Å². The Morgan fingerprint density at radius 1 is 1.29 bits per heavy atom. The summed E-state index contributed by atoms with van der Waals surface area (Å²) in [6, 6.07) is 6.17. The summed E-state index contributed by atoms with van der Waals surface area (Å²) in [6.07, 6.45) is 2.35. The van der Waals surface area contributed by atoms with Gasteiger partial charge in [0.1, 0.15) is 12.0 Å². The van der Waals surface area contributed by atoms with Crippen molar-refractivity contribution in [2.24, 2.45) is 0 Å². The maximum Gasteiger partial charge on any atom is 0.312 e. The van der Waals surface area contributed by atoms with E-state index in [1.54, 1.807) is 23.0 Å². The molecule has 1 saturated heterocycles. The number of rotatable bonds is 4. The number of nitrogens with one attached hydrogen (secondary N) is 1. The second-order valence-electron chi connectivity index (χ2n) is 5.62. The number of fused-ring (bicyclic) bond motifs is 1. The van der Waals surface area contributed by atoms with Crippen molar-refractivity contribution in [1.82, 2.24) is 19.5 Å². The van der Waals surface area contributed by atoms with E-state index in [4.69, 9.17) is 4.74 Å². The molecule has 8 heteroatoms. The fourth-order valence-corrected chi connectivity index (χ4v) is 2.84. The summed E-state index contributed by atoms with van der Waals surface area (Å²) in [5, 5.41) is 3.00. The molecule has 0 radical (unpaired) electrons. The van der Waals surface area contributed by atoms with Crippen LogP contribution in [-0.2, 0) is 11.3 Å². The van der Waals surface area contributed by atoms with Gasteiger partial charge in [-0.1, -0.05) is 12.1 Å². The van der Waals surface area contributed by atoms with Crippen LogP contribution in [0.1, 0.15) is 24.6 Å². The van der Waals surface area contributed by atoms with E-state index in [1.165, 1.54) is 12.1 Å². The largest absolute Gasteiger partial charge is 0.364 e. The number of nitrogens with zero attached hydrogens (tertiary/aromatic N) is 4. The Bertz CT molecular complexity index is 876. The van der Waals surface area contributed by atoms with Gasteiger partial charge in [0.25, 0.3) is 0 Å². The van der Waals surface area contributed by atoms with Crippen LogP contribution in [0.15, 0.2) is 30.6 Å². The molecule has 0 amide bonds. The highest BCUT2D eigenvalue weighted by Crippen LogP contribution is 2.28. The van der Waals surface area contributed by atoms with Crippen molar-refractivity contribution >= 4 is 17.0 Å². The maximum atomic E-state index is 13.8. The number of halogens is 2. The number of hydrogen-bond donors (Lipinski definition) is 1. The second-order valence-corrected chi connectivity index (χ2v) is 5.62. The summed E-state index contributed by atoms with van der Waals surface area (Å²) in [6.45, 7) is 0.971. The minimum absolute atomic E-state index is 0.180. The molecule has 0 bridgehead atoms. The first-order valence-electron chi connectivity index (χ1n) is 7.71. The van der Waals surface area contributed by atoms with Crippen molar-refractivity contribution in [3.63, 3.8) is 0 Å². The molecule has 6 nitrogen and oxygen atoms in total. The van der Waals surface area contributed by atoms with Gasteiger partial charge in [0, 0.05) is 13.2 Å². The average Bonchev–Trinajstić information content (AvgIpc) is 3.21. The molecule has 4 rings (SSSR count). The van der Waals surface area contributed by atoms with Crippen molar-refractivity contribution in [3.8, 4) is 0 Å². The van der Waals surface area contributed by atoms with Crippen LogP contribution in [0.25, 0.3) is 11.2 Å². The highest BCUT2D eigenvalue weighted by molar-refractivity contribution is 5.82. The number of imidazole rings is 1. The molecule has 1 aliphatic heterocycles. The Kier molecular flexibility index (Phi) is 3.81. The van der Waals surface area contributed by atoms with Crippen LogP contribution in [0.2, 0.25) is 0 Å². The monoisotopic (exact) mass is 331 g/mol. The SMILES string of the molecule is Fc1cccc(CNc2nc(F)nc3c2ncn3C2CCCO2)c1. The predicted molar refractivity (Wildman–Crippen MR) is 83.2 cm³/mol. The zero-order chi connectivity index (χ0) is 16.5. The third kappa shape index (κ3) is 2.80. The Morgan fingerprint density at radius 2 is 2.21 bits per heavy atom. The zero-order valence-electron chi connectivity index (χ0n) is 12.7. The predicted octanol–water partition coefficient (Wildman–Crippen LogP) is 3.03. The van der Waals surface area contributed by atoms with E-state index in [-0.39, 0.29) is 17.9 Å². The Balaban J connectivity index is 1.65. The van der Waals surface area contributed by atoms with E-state index in [2.05, 4.69) is 20.3 Å². The number of anilines is 1. The van der Waals surface area contributed by atoms with Crippen LogP contribution in [0.4, 0.5) is 14.6 Å². The fraction of sp³-hybridized carbons (Fsp3) is 0.312.